The lowest BCUT2D eigenvalue weighted by molar-refractivity contribution is -0.145. The van der Waals surface area contributed by atoms with Crippen LogP contribution >= 0.6 is 0 Å². The number of nitrogens with one attached hydrogen (secondary N) is 1. The van der Waals surface area contributed by atoms with Crippen molar-refractivity contribution >= 4 is 11.9 Å². The van der Waals surface area contributed by atoms with Gasteiger partial charge in [-0.25, -0.2) is 0 Å². The molecule has 0 radical (unpaired) electrons. The molecule has 1 aliphatic rings. The number of amides is 1. The lowest BCUT2D eigenvalue weighted by Crippen LogP contribution is -2.56. The Morgan fingerprint density at radius 3 is 2.08 bits per heavy atom. The molecule has 1 heterocycles. The first kappa shape index (κ1) is 20.0. The van der Waals surface area contributed by atoms with Crippen LogP contribution in [0.3, 0.4) is 0 Å². The molecule has 0 aromatic heterocycles. The summed E-state index contributed by atoms with van der Waals surface area (Å²) >= 11 is 0. The van der Waals surface area contributed by atoms with Crippen LogP contribution in [0.25, 0.3) is 0 Å². The van der Waals surface area contributed by atoms with E-state index in [2.05, 4.69) is 5.32 Å². The highest BCUT2D eigenvalue weighted by molar-refractivity contribution is 5.81. The van der Waals surface area contributed by atoms with Crippen LogP contribution in [0, 0.1) is 0 Å². The van der Waals surface area contributed by atoms with E-state index in [1.807, 2.05) is 0 Å². The smallest absolute Gasteiger partial charge is 0.416 e. The Balaban J connectivity index is 2.25. The van der Waals surface area contributed by atoms with E-state index in [4.69, 9.17) is 5.11 Å². The van der Waals surface area contributed by atoms with Gasteiger partial charge >= 0.3 is 18.3 Å². The van der Waals surface area contributed by atoms with E-state index in [0.717, 1.165) is 4.90 Å². The van der Waals surface area contributed by atoms with E-state index in [1.165, 1.54) is 0 Å². The molecule has 0 saturated carbocycles. The van der Waals surface area contributed by atoms with Crippen molar-refractivity contribution in [2.45, 2.75) is 24.8 Å². The molecule has 0 unspecified atom stereocenters. The molecule has 0 spiro atoms. The van der Waals surface area contributed by atoms with E-state index >= 15 is 0 Å². The van der Waals surface area contributed by atoms with E-state index < -0.39 is 53.4 Å². The normalized spacial score (nSPS) is 18.7. The number of piperazine rings is 1. The van der Waals surface area contributed by atoms with Crippen LogP contribution in [-0.4, -0.2) is 47.6 Å². The zero-order chi connectivity index (χ0) is 19.7. The number of carboxylic acids is 1. The molecular weight excluding hydrogens is 370 g/mol. The number of nitrogens with zero attached hydrogens (tertiary/aromatic N) is 1. The van der Waals surface area contributed by atoms with Crippen LogP contribution in [0.5, 0.6) is 0 Å². The molecular formula is C15H14F6N2O3. The minimum absolute atomic E-state index is 0.0146. The molecule has 11 heteroatoms. The van der Waals surface area contributed by atoms with Gasteiger partial charge in [0.1, 0.15) is 6.04 Å². The van der Waals surface area contributed by atoms with E-state index in [9.17, 15) is 35.9 Å². The summed E-state index contributed by atoms with van der Waals surface area (Å²) in [5, 5.41) is 11.6. The number of carboxylic acid groups (broad SMARTS) is 1. The molecule has 26 heavy (non-hydrogen) atoms. The highest BCUT2D eigenvalue weighted by Gasteiger charge is 2.37. The van der Waals surface area contributed by atoms with Crippen LogP contribution in [-0.2, 0) is 28.4 Å². The summed E-state index contributed by atoms with van der Waals surface area (Å²) in [4.78, 5) is 24.2. The second-order valence-corrected chi connectivity index (χ2v) is 5.78. The maximum atomic E-state index is 12.8. The van der Waals surface area contributed by atoms with E-state index in [-0.39, 0.29) is 25.7 Å². The maximum Gasteiger partial charge on any atom is 0.416 e. The van der Waals surface area contributed by atoms with Gasteiger partial charge in [0.25, 0.3) is 0 Å². The largest absolute Gasteiger partial charge is 0.480 e. The Hall–Kier alpha value is -2.30. The number of carbonyl (C=O) groups is 2. The van der Waals surface area contributed by atoms with Crippen molar-refractivity contribution in [3.8, 4) is 0 Å². The standard InChI is InChI=1S/C15H14F6N2O3/c16-14(17,18)9-3-8(4-10(6-9)15(19,20)21)5-12(24)23-2-1-22-11(7-23)13(25)26/h3-4,6,11,22H,1-2,5,7H2,(H,25,26)/t11-/m1/s1. The Morgan fingerprint density at radius 2 is 1.62 bits per heavy atom. The third-order valence-corrected chi connectivity index (χ3v) is 3.83. The van der Waals surface area contributed by atoms with Gasteiger partial charge in [0.05, 0.1) is 17.5 Å². The van der Waals surface area contributed by atoms with Gasteiger partial charge in [0.15, 0.2) is 0 Å². The average molecular weight is 384 g/mol. The predicted molar refractivity (Wildman–Crippen MR) is 76.2 cm³/mol. The Kier molecular flexibility index (Phi) is 5.49. The molecule has 1 aliphatic heterocycles. The lowest BCUT2D eigenvalue weighted by Gasteiger charge is -2.31. The Labute approximate surface area is 143 Å². The van der Waals surface area contributed by atoms with Crippen LogP contribution in [0.15, 0.2) is 18.2 Å². The molecule has 2 N–H and O–H groups in total. The topological polar surface area (TPSA) is 69.6 Å². The number of rotatable bonds is 3. The third-order valence-electron chi connectivity index (χ3n) is 3.83. The van der Waals surface area contributed by atoms with Gasteiger partial charge in [-0.2, -0.15) is 26.3 Å². The summed E-state index contributed by atoms with van der Waals surface area (Å²) in [6.45, 7) is 0.0338. The first-order chi connectivity index (χ1) is 11.9. The number of hydrogen-bond acceptors (Lipinski definition) is 3. The predicted octanol–water partition coefficient (Wildman–Crippen LogP) is 2.15. The fourth-order valence-electron chi connectivity index (χ4n) is 2.55. The second-order valence-electron chi connectivity index (χ2n) is 5.78. The van der Waals surface area contributed by atoms with Gasteiger partial charge < -0.3 is 15.3 Å². The van der Waals surface area contributed by atoms with Gasteiger partial charge in [-0.15, -0.1) is 0 Å². The first-order valence-corrected chi connectivity index (χ1v) is 7.40. The molecule has 0 aliphatic carbocycles. The number of hydrogen-bond donors (Lipinski definition) is 2. The first-order valence-electron chi connectivity index (χ1n) is 7.40. The number of alkyl halides is 6. The van der Waals surface area contributed by atoms with Gasteiger partial charge in [-0.05, 0) is 23.8 Å². The molecule has 1 atom stereocenters. The summed E-state index contributed by atoms with van der Waals surface area (Å²) in [6.07, 6.45) is -10.7. The van der Waals surface area contributed by atoms with Crippen LogP contribution in [0.4, 0.5) is 26.3 Å². The van der Waals surface area contributed by atoms with Crippen LogP contribution < -0.4 is 5.32 Å². The van der Waals surface area contributed by atoms with Crippen molar-refractivity contribution in [1.29, 1.82) is 0 Å². The third kappa shape index (κ3) is 4.87. The van der Waals surface area contributed by atoms with Crippen molar-refractivity contribution < 1.29 is 41.0 Å². The zero-order valence-electron chi connectivity index (χ0n) is 13.1. The van der Waals surface area contributed by atoms with Crippen molar-refractivity contribution in [3.05, 3.63) is 34.9 Å². The van der Waals surface area contributed by atoms with Gasteiger partial charge in [-0.3, -0.25) is 9.59 Å². The van der Waals surface area contributed by atoms with E-state index in [0.29, 0.717) is 12.1 Å². The summed E-state index contributed by atoms with van der Waals surface area (Å²) < 4.78 is 77.0. The monoisotopic (exact) mass is 384 g/mol. The molecule has 5 nitrogen and oxygen atoms in total. The Morgan fingerprint density at radius 1 is 1.08 bits per heavy atom. The zero-order valence-corrected chi connectivity index (χ0v) is 13.1. The second kappa shape index (κ2) is 7.14. The SMILES string of the molecule is O=C(O)[C@H]1CN(C(=O)Cc2cc(C(F)(F)F)cc(C(F)(F)F)c2)CCN1. The minimum Gasteiger partial charge on any atom is -0.480 e. The quantitative estimate of drug-likeness (QED) is 0.784. The van der Waals surface area contributed by atoms with Gasteiger partial charge in [-0.1, -0.05) is 0 Å². The molecule has 0 bridgehead atoms. The molecule has 144 valence electrons. The van der Waals surface area contributed by atoms with Gasteiger partial charge in [0.2, 0.25) is 5.91 Å². The highest BCUT2D eigenvalue weighted by atomic mass is 19.4. The van der Waals surface area contributed by atoms with E-state index in [1.54, 1.807) is 0 Å². The van der Waals surface area contributed by atoms with Crippen molar-refractivity contribution in [2.24, 2.45) is 0 Å². The highest BCUT2D eigenvalue weighted by Crippen LogP contribution is 2.36. The molecule has 1 fully saturated rings. The molecule has 2 rings (SSSR count). The number of aliphatic carboxylic acids is 1. The summed E-state index contributed by atoms with van der Waals surface area (Å²) in [5.41, 5.74) is -3.44. The average Bonchev–Trinajstić information content (AvgIpc) is 2.53. The number of benzene rings is 1. The fourth-order valence-corrected chi connectivity index (χ4v) is 2.55. The summed E-state index contributed by atoms with van der Waals surface area (Å²) in [7, 11) is 0. The molecule has 1 aromatic rings. The van der Waals surface area contributed by atoms with Crippen molar-refractivity contribution in [2.75, 3.05) is 19.6 Å². The van der Waals surface area contributed by atoms with Crippen molar-refractivity contribution in [1.82, 2.24) is 10.2 Å². The summed E-state index contributed by atoms with van der Waals surface area (Å²) in [6, 6.07) is -0.0762. The fraction of sp³-hybridized carbons (Fsp3) is 0.467. The van der Waals surface area contributed by atoms with Gasteiger partial charge in [0, 0.05) is 19.6 Å². The maximum absolute atomic E-state index is 12.8. The molecule has 1 saturated heterocycles. The minimum atomic E-state index is -5.00. The summed E-state index contributed by atoms with van der Waals surface area (Å²) in [5.74, 6) is -1.95. The Bertz CT molecular complexity index is 669. The van der Waals surface area contributed by atoms with Crippen LogP contribution in [0.1, 0.15) is 16.7 Å². The molecule has 1 aromatic carbocycles. The van der Waals surface area contributed by atoms with Crippen molar-refractivity contribution in [3.63, 3.8) is 0 Å². The molecule has 1 amide bonds. The lowest BCUT2D eigenvalue weighted by atomic mass is 10.0. The number of carbonyl (C=O) groups excluding carboxylic acids is 1. The number of halogens is 6. The van der Waals surface area contributed by atoms with Crippen LogP contribution in [0.2, 0.25) is 0 Å².